The molecule has 0 spiro atoms. The number of rotatable bonds is 20. The molecule has 1 atom stereocenters. The van der Waals surface area contributed by atoms with Gasteiger partial charge in [-0.25, -0.2) is 0 Å². The average molecular weight is 361 g/mol. The molecule has 0 aromatic carbocycles. The third-order valence-corrected chi connectivity index (χ3v) is 5.23. The van der Waals surface area contributed by atoms with E-state index in [0.29, 0.717) is 0 Å². The van der Waals surface area contributed by atoms with Crippen LogP contribution in [0.1, 0.15) is 129 Å². The van der Waals surface area contributed by atoms with E-state index in [1.165, 1.54) is 116 Å². The summed E-state index contributed by atoms with van der Waals surface area (Å²) in [4.78, 5) is 0. The molecule has 0 aliphatic heterocycles. The second kappa shape index (κ2) is 22.3. The van der Waals surface area contributed by atoms with Gasteiger partial charge in [-0.15, -0.1) is 0 Å². The number of nitrogens with zero attached hydrogens (tertiary/aromatic N) is 1. The Labute approximate surface area is 165 Å². The van der Waals surface area contributed by atoms with E-state index >= 15 is 0 Å². The van der Waals surface area contributed by atoms with Crippen LogP contribution in [0.25, 0.3) is 0 Å². The highest BCUT2D eigenvalue weighted by Crippen LogP contribution is 2.15. The standard InChI is InChI=1S/C25H46N/c1-3-4-5-6-7-8-9-10-11-12-13-14-15-16-17-18-19-20-21-22-23-25(2)24-26/h5-6,25H,2-4,7-23H2,1H3. The average Bonchev–Trinajstić information content (AvgIpc) is 2.66. The van der Waals surface area contributed by atoms with Gasteiger partial charge in [0.05, 0.1) is 6.07 Å². The molecule has 0 heterocycles. The lowest BCUT2D eigenvalue weighted by Gasteiger charge is -2.04. The summed E-state index contributed by atoms with van der Waals surface area (Å²) in [5, 5.41) is 8.68. The van der Waals surface area contributed by atoms with Crippen molar-refractivity contribution in [3.63, 3.8) is 0 Å². The normalized spacial score (nSPS) is 12.5. The van der Waals surface area contributed by atoms with Crippen LogP contribution in [0.15, 0.2) is 12.2 Å². The van der Waals surface area contributed by atoms with Crippen LogP contribution in [-0.2, 0) is 0 Å². The van der Waals surface area contributed by atoms with Crippen molar-refractivity contribution in [1.82, 2.24) is 0 Å². The van der Waals surface area contributed by atoms with Crippen LogP contribution >= 0.6 is 0 Å². The van der Waals surface area contributed by atoms with Crippen LogP contribution in [0.3, 0.4) is 0 Å². The maximum atomic E-state index is 8.68. The van der Waals surface area contributed by atoms with Crippen molar-refractivity contribution in [3.05, 3.63) is 19.1 Å². The SMILES string of the molecule is [CH2]C(C#N)CCCCCCCCCCCCCCCCCC=CCCC. The molecule has 0 aliphatic carbocycles. The second-order valence-electron chi connectivity index (χ2n) is 7.97. The molecule has 0 rings (SSSR count). The van der Waals surface area contributed by atoms with Crippen molar-refractivity contribution in [2.45, 2.75) is 129 Å². The number of nitriles is 1. The summed E-state index contributed by atoms with van der Waals surface area (Å²) in [6, 6.07) is 2.21. The fourth-order valence-corrected chi connectivity index (χ4v) is 3.42. The number of hydrogen-bond donors (Lipinski definition) is 0. The van der Waals surface area contributed by atoms with Crippen LogP contribution in [0.2, 0.25) is 0 Å². The van der Waals surface area contributed by atoms with Gasteiger partial charge in [0.25, 0.3) is 0 Å². The Balaban J connectivity index is 3.04. The Morgan fingerprint density at radius 3 is 1.46 bits per heavy atom. The minimum atomic E-state index is 0.00250. The quantitative estimate of drug-likeness (QED) is 0.157. The van der Waals surface area contributed by atoms with E-state index in [2.05, 4.69) is 32.1 Å². The Morgan fingerprint density at radius 2 is 1.04 bits per heavy atom. The van der Waals surface area contributed by atoms with Crippen LogP contribution in [0, 0.1) is 24.2 Å². The van der Waals surface area contributed by atoms with Gasteiger partial charge < -0.3 is 0 Å². The van der Waals surface area contributed by atoms with Gasteiger partial charge in [0.2, 0.25) is 0 Å². The second-order valence-corrected chi connectivity index (χ2v) is 7.97. The maximum absolute atomic E-state index is 8.68. The molecule has 0 amide bonds. The number of unbranched alkanes of at least 4 members (excludes halogenated alkanes) is 16. The lowest BCUT2D eigenvalue weighted by molar-refractivity contribution is 0.523. The van der Waals surface area contributed by atoms with Gasteiger partial charge in [0, 0.05) is 5.92 Å². The number of hydrogen-bond acceptors (Lipinski definition) is 1. The van der Waals surface area contributed by atoms with E-state index in [9.17, 15) is 0 Å². The molecule has 0 bridgehead atoms. The van der Waals surface area contributed by atoms with E-state index in [1.807, 2.05) is 0 Å². The zero-order chi connectivity index (χ0) is 19.1. The summed E-state index contributed by atoms with van der Waals surface area (Å²) in [5.41, 5.74) is 0. The molecule has 1 heteroatoms. The summed E-state index contributed by atoms with van der Waals surface area (Å²) < 4.78 is 0. The predicted molar refractivity (Wildman–Crippen MR) is 117 cm³/mol. The van der Waals surface area contributed by atoms with Gasteiger partial charge in [-0.05, 0) is 32.6 Å². The molecule has 0 aromatic rings. The van der Waals surface area contributed by atoms with Crippen LogP contribution in [0.4, 0.5) is 0 Å². The summed E-state index contributed by atoms with van der Waals surface area (Å²) in [7, 11) is 0. The van der Waals surface area contributed by atoms with E-state index in [1.54, 1.807) is 0 Å². The Hall–Kier alpha value is -0.770. The van der Waals surface area contributed by atoms with Crippen molar-refractivity contribution in [2.75, 3.05) is 0 Å². The molecule has 0 N–H and O–H groups in total. The lowest BCUT2D eigenvalue weighted by atomic mass is 10.0. The first-order chi connectivity index (χ1) is 12.8. The fraction of sp³-hybridized carbons (Fsp3) is 0.840. The van der Waals surface area contributed by atoms with Crippen molar-refractivity contribution in [1.29, 1.82) is 5.26 Å². The highest BCUT2D eigenvalue weighted by atomic mass is 14.3. The molecule has 1 radical (unpaired) electrons. The summed E-state index contributed by atoms with van der Waals surface area (Å²) in [6.45, 7) is 6.05. The predicted octanol–water partition coefficient (Wildman–Crippen LogP) is 8.95. The van der Waals surface area contributed by atoms with Crippen LogP contribution < -0.4 is 0 Å². The van der Waals surface area contributed by atoms with E-state index in [4.69, 9.17) is 5.26 Å². The number of allylic oxidation sites excluding steroid dienone is 2. The smallest absolute Gasteiger partial charge is 0.0655 e. The van der Waals surface area contributed by atoms with Gasteiger partial charge in [-0.3, -0.25) is 0 Å². The summed E-state index contributed by atoms with van der Waals surface area (Å²) in [5.74, 6) is 0.00250. The Kier molecular flexibility index (Phi) is 21.6. The molecule has 0 saturated carbocycles. The maximum Gasteiger partial charge on any atom is 0.0655 e. The molecular formula is C25H46N. The lowest BCUT2D eigenvalue weighted by Crippen LogP contribution is -1.90. The van der Waals surface area contributed by atoms with Gasteiger partial charge in [0.1, 0.15) is 0 Å². The van der Waals surface area contributed by atoms with Crippen molar-refractivity contribution in [2.24, 2.45) is 5.92 Å². The Bertz CT molecular complexity index is 326. The highest BCUT2D eigenvalue weighted by Gasteiger charge is 1.99. The van der Waals surface area contributed by atoms with E-state index < -0.39 is 0 Å². The van der Waals surface area contributed by atoms with E-state index in [0.717, 1.165) is 6.42 Å². The summed E-state index contributed by atoms with van der Waals surface area (Å²) >= 11 is 0. The van der Waals surface area contributed by atoms with Crippen molar-refractivity contribution < 1.29 is 0 Å². The van der Waals surface area contributed by atoms with Gasteiger partial charge >= 0.3 is 0 Å². The highest BCUT2D eigenvalue weighted by molar-refractivity contribution is 4.83. The molecule has 1 nitrogen and oxygen atoms in total. The third kappa shape index (κ3) is 21.3. The molecule has 0 aromatic heterocycles. The molecule has 0 fully saturated rings. The largest absolute Gasteiger partial charge is 0.198 e. The van der Waals surface area contributed by atoms with Gasteiger partial charge in [-0.2, -0.15) is 5.26 Å². The first kappa shape index (κ1) is 25.2. The third-order valence-electron chi connectivity index (χ3n) is 5.23. The first-order valence-electron chi connectivity index (χ1n) is 11.7. The van der Waals surface area contributed by atoms with Crippen molar-refractivity contribution in [3.8, 4) is 6.07 Å². The topological polar surface area (TPSA) is 23.8 Å². The zero-order valence-corrected chi connectivity index (χ0v) is 17.8. The Morgan fingerprint density at radius 1 is 0.654 bits per heavy atom. The first-order valence-corrected chi connectivity index (χ1v) is 11.7. The monoisotopic (exact) mass is 360 g/mol. The molecule has 0 saturated heterocycles. The zero-order valence-electron chi connectivity index (χ0n) is 17.8. The van der Waals surface area contributed by atoms with Crippen molar-refractivity contribution >= 4 is 0 Å². The fourth-order valence-electron chi connectivity index (χ4n) is 3.42. The van der Waals surface area contributed by atoms with Crippen LogP contribution in [-0.4, -0.2) is 0 Å². The molecule has 151 valence electrons. The van der Waals surface area contributed by atoms with Crippen LogP contribution in [0.5, 0.6) is 0 Å². The molecular weight excluding hydrogens is 314 g/mol. The summed E-state index contributed by atoms with van der Waals surface area (Å²) in [6.07, 6.45) is 30.4. The minimum Gasteiger partial charge on any atom is -0.198 e. The molecule has 26 heavy (non-hydrogen) atoms. The molecule has 1 unspecified atom stereocenters. The van der Waals surface area contributed by atoms with Gasteiger partial charge in [-0.1, -0.05) is 115 Å². The van der Waals surface area contributed by atoms with Gasteiger partial charge in [0.15, 0.2) is 0 Å². The minimum absolute atomic E-state index is 0.00250. The molecule has 0 aliphatic rings. The van der Waals surface area contributed by atoms with E-state index in [-0.39, 0.29) is 5.92 Å².